The van der Waals surface area contributed by atoms with E-state index >= 15 is 0 Å². The normalized spacial score (nSPS) is 16.1. The van der Waals surface area contributed by atoms with Crippen molar-refractivity contribution in [1.29, 1.82) is 0 Å². The van der Waals surface area contributed by atoms with E-state index in [1.54, 1.807) is 0 Å². The Morgan fingerprint density at radius 2 is 1.76 bits per heavy atom. The third-order valence-electron chi connectivity index (χ3n) is 3.96. The molecule has 1 fully saturated rings. The van der Waals surface area contributed by atoms with Crippen molar-refractivity contribution in [2.45, 2.75) is 13.3 Å². The topological polar surface area (TPSA) is 32.3 Å². The Morgan fingerprint density at radius 3 is 2.43 bits per heavy atom. The van der Waals surface area contributed by atoms with Crippen LogP contribution in [0.15, 0.2) is 24.3 Å². The second-order valence-corrected chi connectivity index (χ2v) is 5.40. The summed E-state index contributed by atoms with van der Waals surface area (Å²) >= 11 is 0. The van der Waals surface area contributed by atoms with Crippen LogP contribution in [0.5, 0.6) is 0 Å². The van der Waals surface area contributed by atoms with E-state index in [4.69, 9.17) is 11.4 Å². The first kappa shape index (κ1) is 13.8. The quantitative estimate of drug-likeness (QED) is 0.806. The Bertz CT molecular complexity index is 666. The van der Waals surface area contributed by atoms with E-state index in [-0.39, 0.29) is 0 Å². The number of anilines is 1. The highest BCUT2D eigenvalue weighted by Crippen LogP contribution is 2.21. The molecule has 21 heavy (non-hydrogen) atoms. The molecule has 0 aliphatic carbocycles. The summed E-state index contributed by atoms with van der Waals surface area (Å²) in [5.74, 6) is 3.73. The molecule has 2 aromatic rings. The lowest BCUT2D eigenvalue weighted by Gasteiger charge is -2.35. The molecule has 0 saturated carbocycles. The minimum absolute atomic E-state index is 0.828. The summed E-state index contributed by atoms with van der Waals surface area (Å²) in [5, 5.41) is 0. The standard InChI is InChI=1S/C17H20N4/c1-3-4-9-20-10-12-21(13-11-20)17-14(2)18-15-7-5-6-8-16(15)19-17/h1,5-8H,4,9-13H2,2H3. The summed E-state index contributed by atoms with van der Waals surface area (Å²) in [5.41, 5.74) is 2.94. The van der Waals surface area contributed by atoms with Crippen molar-refractivity contribution in [2.24, 2.45) is 0 Å². The van der Waals surface area contributed by atoms with Gasteiger partial charge in [0.1, 0.15) is 0 Å². The summed E-state index contributed by atoms with van der Waals surface area (Å²) in [7, 11) is 0. The molecule has 0 N–H and O–H groups in total. The zero-order valence-corrected chi connectivity index (χ0v) is 12.4. The average Bonchev–Trinajstić information content (AvgIpc) is 2.53. The first-order chi connectivity index (χ1) is 10.3. The largest absolute Gasteiger partial charge is 0.353 e. The Hall–Kier alpha value is -2.12. The smallest absolute Gasteiger partial charge is 0.150 e. The zero-order chi connectivity index (χ0) is 14.7. The number of para-hydroxylation sites is 2. The highest BCUT2D eigenvalue weighted by atomic mass is 15.3. The number of hydrogen-bond acceptors (Lipinski definition) is 4. The Labute approximate surface area is 125 Å². The molecule has 1 aliphatic rings. The van der Waals surface area contributed by atoms with Crippen LogP contribution < -0.4 is 4.90 Å². The molecule has 4 heteroatoms. The average molecular weight is 280 g/mol. The fourth-order valence-corrected chi connectivity index (χ4v) is 2.78. The minimum atomic E-state index is 0.828. The maximum atomic E-state index is 5.33. The van der Waals surface area contributed by atoms with Gasteiger partial charge in [0.2, 0.25) is 0 Å². The molecule has 0 bridgehead atoms. The lowest BCUT2D eigenvalue weighted by molar-refractivity contribution is 0.263. The van der Waals surface area contributed by atoms with Crippen molar-refractivity contribution >= 4 is 16.9 Å². The van der Waals surface area contributed by atoms with Crippen LogP contribution in [-0.2, 0) is 0 Å². The number of fused-ring (bicyclic) bond motifs is 1. The van der Waals surface area contributed by atoms with Gasteiger partial charge in [0, 0.05) is 39.1 Å². The molecule has 0 spiro atoms. The minimum Gasteiger partial charge on any atom is -0.353 e. The third kappa shape index (κ3) is 2.98. The summed E-state index contributed by atoms with van der Waals surface area (Å²) in [6.45, 7) is 7.08. The number of aromatic nitrogens is 2. The fourth-order valence-electron chi connectivity index (χ4n) is 2.78. The molecule has 4 nitrogen and oxygen atoms in total. The van der Waals surface area contributed by atoms with Crippen molar-refractivity contribution in [3.8, 4) is 12.3 Å². The van der Waals surface area contributed by atoms with Crippen LogP contribution in [-0.4, -0.2) is 47.6 Å². The van der Waals surface area contributed by atoms with E-state index in [1.165, 1.54) is 0 Å². The molecule has 0 unspecified atom stereocenters. The molecule has 1 saturated heterocycles. The second-order valence-electron chi connectivity index (χ2n) is 5.40. The monoisotopic (exact) mass is 280 g/mol. The van der Waals surface area contributed by atoms with E-state index in [9.17, 15) is 0 Å². The molecule has 3 rings (SSSR count). The van der Waals surface area contributed by atoms with Crippen LogP contribution in [0.1, 0.15) is 12.1 Å². The van der Waals surface area contributed by atoms with E-state index in [2.05, 4.69) is 20.7 Å². The maximum absolute atomic E-state index is 5.33. The maximum Gasteiger partial charge on any atom is 0.150 e. The summed E-state index contributed by atoms with van der Waals surface area (Å²) < 4.78 is 0. The molecule has 2 heterocycles. The van der Waals surface area contributed by atoms with Crippen LogP contribution in [0, 0.1) is 19.3 Å². The highest BCUT2D eigenvalue weighted by Gasteiger charge is 2.19. The van der Waals surface area contributed by atoms with Gasteiger partial charge in [0.15, 0.2) is 5.82 Å². The van der Waals surface area contributed by atoms with Gasteiger partial charge in [-0.15, -0.1) is 12.3 Å². The predicted molar refractivity (Wildman–Crippen MR) is 86.4 cm³/mol. The number of hydrogen-bond donors (Lipinski definition) is 0. The lowest BCUT2D eigenvalue weighted by Crippen LogP contribution is -2.47. The molecule has 1 aliphatic heterocycles. The van der Waals surface area contributed by atoms with Gasteiger partial charge < -0.3 is 4.90 Å². The van der Waals surface area contributed by atoms with Crippen molar-refractivity contribution in [3.05, 3.63) is 30.0 Å². The van der Waals surface area contributed by atoms with Gasteiger partial charge in [-0.3, -0.25) is 4.90 Å². The van der Waals surface area contributed by atoms with Crippen LogP contribution in [0.4, 0.5) is 5.82 Å². The molecule has 0 atom stereocenters. The number of benzene rings is 1. The summed E-state index contributed by atoms with van der Waals surface area (Å²) in [6.07, 6.45) is 6.16. The van der Waals surface area contributed by atoms with Crippen LogP contribution in [0.3, 0.4) is 0 Å². The van der Waals surface area contributed by atoms with Gasteiger partial charge in [-0.1, -0.05) is 12.1 Å². The van der Waals surface area contributed by atoms with Crippen molar-refractivity contribution in [2.75, 3.05) is 37.6 Å². The van der Waals surface area contributed by atoms with E-state index in [0.29, 0.717) is 0 Å². The first-order valence-corrected chi connectivity index (χ1v) is 7.42. The molecule has 0 radical (unpaired) electrons. The highest BCUT2D eigenvalue weighted by molar-refractivity contribution is 5.76. The van der Waals surface area contributed by atoms with Gasteiger partial charge in [0.25, 0.3) is 0 Å². The number of terminal acetylenes is 1. The van der Waals surface area contributed by atoms with Crippen molar-refractivity contribution < 1.29 is 0 Å². The van der Waals surface area contributed by atoms with Gasteiger partial charge in [-0.25, -0.2) is 9.97 Å². The third-order valence-corrected chi connectivity index (χ3v) is 3.96. The van der Waals surface area contributed by atoms with Gasteiger partial charge >= 0.3 is 0 Å². The Balaban J connectivity index is 1.76. The van der Waals surface area contributed by atoms with Crippen LogP contribution >= 0.6 is 0 Å². The van der Waals surface area contributed by atoms with E-state index < -0.39 is 0 Å². The van der Waals surface area contributed by atoms with Crippen LogP contribution in [0.2, 0.25) is 0 Å². The molecule has 1 aromatic carbocycles. The second kappa shape index (κ2) is 6.11. The van der Waals surface area contributed by atoms with Crippen LogP contribution in [0.25, 0.3) is 11.0 Å². The van der Waals surface area contributed by atoms with E-state index in [1.807, 2.05) is 31.2 Å². The fraction of sp³-hybridized carbons (Fsp3) is 0.412. The first-order valence-electron chi connectivity index (χ1n) is 7.42. The van der Waals surface area contributed by atoms with E-state index in [0.717, 1.165) is 61.7 Å². The molecular formula is C17H20N4. The predicted octanol–water partition coefficient (Wildman–Crippen LogP) is 2.08. The molecule has 0 amide bonds. The Morgan fingerprint density at radius 1 is 1.10 bits per heavy atom. The number of aryl methyl sites for hydroxylation is 1. The molecule has 108 valence electrons. The number of rotatable bonds is 3. The van der Waals surface area contributed by atoms with Gasteiger partial charge in [-0.2, -0.15) is 0 Å². The zero-order valence-electron chi connectivity index (χ0n) is 12.4. The van der Waals surface area contributed by atoms with Crippen molar-refractivity contribution in [1.82, 2.24) is 14.9 Å². The van der Waals surface area contributed by atoms with Crippen molar-refractivity contribution in [3.63, 3.8) is 0 Å². The lowest BCUT2D eigenvalue weighted by atomic mass is 10.2. The van der Waals surface area contributed by atoms with Gasteiger partial charge in [-0.05, 0) is 19.1 Å². The summed E-state index contributed by atoms with van der Waals surface area (Å²) in [6, 6.07) is 8.04. The number of nitrogens with zero attached hydrogens (tertiary/aromatic N) is 4. The SMILES string of the molecule is C#CCCN1CCN(c2nc3ccccc3nc2C)CC1. The summed E-state index contributed by atoms with van der Waals surface area (Å²) in [4.78, 5) is 14.2. The number of piperazine rings is 1. The molecular weight excluding hydrogens is 260 g/mol. The molecule has 1 aromatic heterocycles. The van der Waals surface area contributed by atoms with Gasteiger partial charge in [0.05, 0.1) is 16.7 Å². The Kier molecular flexibility index (Phi) is 4.03.